The standard InChI is InChI=1S/C24H19FN4O6/c25-16-2-1-3-17(10-16)27-20(30)12-35-19-7-6-18(29(33)34)9-15(19)11-26-28-23(31)21-13-4-5-14(8-13)22(21)24(28)32/h1-7,9-11,13-14,21-22H,8,12H2,(H,27,30). The largest absolute Gasteiger partial charge is 0.483 e. The highest BCUT2D eigenvalue weighted by Gasteiger charge is 2.59. The van der Waals surface area contributed by atoms with Gasteiger partial charge in [-0.1, -0.05) is 18.2 Å². The quantitative estimate of drug-likeness (QED) is 0.214. The Balaban J connectivity index is 1.32. The van der Waals surface area contributed by atoms with Crippen molar-refractivity contribution in [1.82, 2.24) is 5.01 Å². The molecule has 1 heterocycles. The number of rotatable bonds is 7. The Bertz CT molecular complexity index is 1280. The zero-order valence-corrected chi connectivity index (χ0v) is 18.2. The van der Waals surface area contributed by atoms with Crippen molar-refractivity contribution < 1.29 is 28.4 Å². The zero-order valence-electron chi connectivity index (χ0n) is 18.2. The molecule has 2 aliphatic carbocycles. The molecule has 2 aromatic rings. The molecule has 4 atom stereocenters. The first-order valence-electron chi connectivity index (χ1n) is 10.9. The third-order valence-electron chi connectivity index (χ3n) is 6.43. The highest BCUT2D eigenvalue weighted by Crippen LogP contribution is 2.52. The van der Waals surface area contributed by atoms with E-state index in [-0.39, 0.29) is 34.5 Å². The van der Waals surface area contributed by atoms with Gasteiger partial charge in [-0.2, -0.15) is 10.1 Å². The van der Waals surface area contributed by atoms with E-state index in [9.17, 15) is 28.9 Å². The molecule has 10 nitrogen and oxygen atoms in total. The van der Waals surface area contributed by atoms with Gasteiger partial charge in [-0.3, -0.25) is 24.5 Å². The van der Waals surface area contributed by atoms with Crippen LogP contribution in [-0.4, -0.2) is 40.5 Å². The second-order valence-corrected chi connectivity index (χ2v) is 8.56. The molecule has 11 heteroatoms. The Kier molecular flexibility index (Phi) is 5.59. The number of nitro groups is 1. The minimum atomic E-state index is -0.613. The van der Waals surface area contributed by atoms with Crippen LogP contribution in [0.15, 0.2) is 59.7 Å². The average Bonchev–Trinajstić information content (AvgIpc) is 3.50. The Morgan fingerprint density at radius 2 is 1.89 bits per heavy atom. The lowest BCUT2D eigenvalue weighted by Crippen LogP contribution is -2.28. The van der Waals surface area contributed by atoms with Gasteiger partial charge >= 0.3 is 0 Å². The summed E-state index contributed by atoms with van der Waals surface area (Å²) in [5.74, 6) is -2.62. The summed E-state index contributed by atoms with van der Waals surface area (Å²) in [5.41, 5.74) is 0.0851. The molecule has 1 saturated carbocycles. The molecule has 4 unspecified atom stereocenters. The number of nitrogens with one attached hydrogen (secondary N) is 1. The second kappa shape index (κ2) is 8.75. The number of nitro benzene ring substituents is 1. The molecule has 3 amide bonds. The first-order valence-corrected chi connectivity index (χ1v) is 10.9. The predicted molar refractivity (Wildman–Crippen MR) is 121 cm³/mol. The number of non-ortho nitro benzene ring substituents is 1. The van der Waals surface area contributed by atoms with Crippen molar-refractivity contribution in [3.05, 3.63) is 76.1 Å². The number of allylic oxidation sites excluding steroid dienone is 2. The maximum absolute atomic E-state index is 13.3. The highest BCUT2D eigenvalue weighted by molar-refractivity contribution is 6.07. The van der Waals surface area contributed by atoms with Gasteiger partial charge in [0, 0.05) is 23.4 Å². The first kappa shape index (κ1) is 22.4. The lowest BCUT2D eigenvalue weighted by Gasteiger charge is -2.13. The Hall–Kier alpha value is -4.41. The molecule has 1 aliphatic heterocycles. The Morgan fingerprint density at radius 3 is 2.54 bits per heavy atom. The van der Waals surface area contributed by atoms with Crippen molar-refractivity contribution in [3.63, 3.8) is 0 Å². The second-order valence-electron chi connectivity index (χ2n) is 8.56. The minimum absolute atomic E-state index is 0.0231. The maximum atomic E-state index is 13.3. The number of carbonyl (C=O) groups is 3. The number of halogens is 1. The molecule has 0 spiro atoms. The molecule has 5 rings (SSSR count). The van der Waals surface area contributed by atoms with E-state index in [0.717, 1.165) is 23.7 Å². The van der Waals surface area contributed by atoms with Gasteiger partial charge in [0.15, 0.2) is 6.61 Å². The van der Waals surface area contributed by atoms with Crippen LogP contribution in [0.4, 0.5) is 15.8 Å². The molecule has 1 saturated heterocycles. The molecule has 0 radical (unpaired) electrons. The van der Waals surface area contributed by atoms with E-state index in [1.807, 2.05) is 12.2 Å². The molecule has 2 fully saturated rings. The van der Waals surface area contributed by atoms with Crippen LogP contribution >= 0.6 is 0 Å². The molecule has 2 aromatic carbocycles. The summed E-state index contributed by atoms with van der Waals surface area (Å²) in [4.78, 5) is 48.5. The Labute approximate surface area is 198 Å². The van der Waals surface area contributed by atoms with Gasteiger partial charge in [-0.05, 0) is 42.5 Å². The number of hydrogen-bond donors (Lipinski definition) is 1. The average molecular weight is 478 g/mol. The van der Waals surface area contributed by atoms with Gasteiger partial charge in [-0.25, -0.2) is 4.39 Å². The van der Waals surface area contributed by atoms with Crippen molar-refractivity contribution in [2.24, 2.45) is 28.8 Å². The minimum Gasteiger partial charge on any atom is -0.483 e. The predicted octanol–water partition coefficient (Wildman–Crippen LogP) is 2.89. The number of anilines is 1. The van der Waals surface area contributed by atoms with Crippen LogP contribution in [-0.2, 0) is 14.4 Å². The first-order chi connectivity index (χ1) is 16.8. The number of imide groups is 1. The van der Waals surface area contributed by atoms with E-state index in [1.54, 1.807) is 0 Å². The van der Waals surface area contributed by atoms with E-state index >= 15 is 0 Å². The van der Waals surface area contributed by atoms with Crippen LogP contribution < -0.4 is 10.1 Å². The molecule has 178 valence electrons. The number of hydrazone groups is 1. The summed E-state index contributed by atoms with van der Waals surface area (Å²) >= 11 is 0. The topological polar surface area (TPSA) is 131 Å². The van der Waals surface area contributed by atoms with E-state index in [0.29, 0.717) is 0 Å². The van der Waals surface area contributed by atoms with Gasteiger partial charge in [0.05, 0.1) is 23.0 Å². The SMILES string of the molecule is O=C(COc1ccc([N+](=O)[O-])cc1C=NN1C(=O)C2C3C=CC(C3)C2C1=O)Nc1cccc(F)c1. The molecular weight excluding hydrogens is 459 g/mol. The fourth-order valence-corrected chi connectivity index (χ4v) is 4.91. The van der Waals surface area contributed by atoms with Gasteiger partial charge < -0.3 is 10.1 Å². The van der Waals surface area contributed by atoms with Crippen molar-refractivity contribution in [1.29, 1.82) is 0 Å². The Morgan fingerprint density at radius 1 is 1.17 bits per heavy atom. The van der Waals surface area contributed by atoms with Gasteiger partial charge in [0.2, 0.25) is 0 Å². The van der Waals surface area contributed by atoms with Crippen molar-refractivity contribution in [2.45, 2.75) is 6.42 Å². The van der Waals surface area contributed by atoms with Crippen LogP contribution in [0.5, 0.6) is 5.75 Å². The van der Waals surface area contributed by atoms with E-state index in [4.69, 9.17) is 4.74 Å². The molecule has 0 aromatic heterocycles. The number of hydrogen-bond acceptors (Lipinski definition) is 7. The number of carbonyl (C=O) groups excluding carboxylic acids is 3. The van der Waals surface area contributed by atoms with E-state index in [1.165, 1.54) is 36.4 Å². The summed E-state index contributed by atoms with van der Waals surface area (Å²) in [6.07, 6.45) is 5.85. The lowest BCUT2D eigenvalue weighted by molar-refractivity contribution is -0.384. The van der Waals surface area contributed by atoms with Gasteiger partial charge in [0.1, 0.15) is 11.6 Å². The van der Waals surface area contributed by atoms with Crippen LogP contribution in [0.1, 0.15) is 12.0 Å². The summed E-state index contributed by atoms with van der Waals surface area (Å²) < 4.78 is 18.8. The fraction of sp³-hybridized carbons (Fsp3) is 0.250. The molecule has 3 aliphatic rings. The van der Waals surface area contributed by atoms with Crippen LogP contribution in [0.25, 0.3) is 0 Å². The highest BCUT2D eigenvalue weighted by atomic mass is 19.1. The normalized spacial score (nSPS) is 24.3. The monoisotopic (exact) mass is 478 g/mol. The van der Waals surface area contributed by atoms with Crippen LogP contribution in [0.2, 0.25) is 0 Å². The summed E-state index contributed by atoms with van der Waals surface area (Å²) in [7, 11) is 0. The van der Waals surface area contributed by atoms with Crippen LogP contribution in [0.3, 0.4) is 0 Å². The van der Waals surface area contributed by atoms with E-state index < -0.39 is 46.9 Å². The van der Waals surface area contributed by atoms with Crippen LogP contribution in [0, 0.1) is 39.6 Å². The molecule has 35 heavy (non-hydrogen) atoms. The van der Waals surface area contributed by atoms with E-state index in [2.05, 4.69) is 10.4 Å². The molecular formula is C24H19FN4O6. The van der Waals surface area contributed by atoms with Gasteiger partial charge in [0.25, 0.3) is 23.4 Å². The smallest absolute Gasteiger partial charge is 0.270 e. The van der Waals surface area contributed by atoms with Crippen molar-refractivity contribution in [2.75, 3.05) is 11.9 Å². The number of benzene rings is 2. The van der Waals surface area contributed by atoms with Gasteiger partial charge in [-0.15, -0.1) is 0 Å². The number of nitrogens with zero attached hydrogens (tertiary/aromatic N) is 3. The third-order valence-corrected chi connectivity index (χ3v) is 6.43. The van der Waals surface area contributed by atoms with Crippen molar-refractivity contribution >= 4 is 35.3 Å². The fourth-order valence-electron chi connectivity index (χ4n) is 4.91. The zero-order chi connectivity index (χ0) is 24.7. The molecule has 2 bridgehead atoms. The summed E-state index contributed by atoms with van der Waals surface area (Å²) in [6.45, 7) is -0.476. The number of ether oxygens (including phenoxy) is 1. The number of amides is 3. The summed E-state index contributed by atoms with van der Waals surface area (Å²) in [6, 6.07) is 8.97. The van der Waals surface area contributed by atoms with Crippen molar-refractivity contribution in [3.8, 4) is 5.75 Å². The molecule has 1 N–H and O–H groups in total. The third kappa shape index (κ3) is 4.16. The lowest BCUT2D eigenvalue weighted by atomic mass is 9.85. The maximum Gasteiger partial charge on any atom is 0.270 e. The number of fused-ring (bicyclic) bond motifs is 5. The summed E-state index contributed by atoms with van der Waals surface area (Å²) in [5, 5.41) is 18.6.